The Morgan fingerprint density at radius 3 is 2.40 bits per heavy atom. The highest BCUT2D eigenvalue weighted by molar-refractivity contribution is 5.70. The van der Waals surface area contributed by atoms with Gasteiger partial charge in [-0.1, -0.05) is 67.2 Å². The third kappa shape index (κ3) is 3.73. The van der Waals surface area contributed by atoms with E-state index in [1.807, 2.05) is 60.7 Å². The van der Waals surface area contributed by atoms with Crippen LogP contribution in [0.3, 0.4) is 0 Å². The Bertz CT molecular complexity index is 874. The van der Waals surface area contributed by atoms with Crippen molar-refractivity contribution in [2.45, 2.75) is 13.0 Å². The largest absolute Gasteiger partial charge is 0.608 e. The van der Waals surface area contributed by atoms with Gasteiger partial charge in [-0.05, 0) is 5.56 Å². The monoisotopic (exact) mass is 330 g/mol. The lowest BCUT2D eigenvalue weighted by molar-refractivity contribution is -0.361. The topological polar surface area (TPSA) is 65.3 Å². The number of nitrogens with zero attached hydrogens (tertiary/aromatic N) is 1. The first-order chi connectivity index (χ1) is 12.2. The standard InChI is InChI=1S/C21H17NO3/c1-15-19(21(23)24-14-16-8-4-2-5-9-16)12-18(13-22)20(25-15)17-10-6-3-7-11-17/h2-11,23H,1,12,14H2/p-1/b21-19+. The zero-order valence-electron chi connectivity index (χ0n) is 13.6. The fourth-order valence-electron chi connectivity index (χ4n) is 2.51. The van der Waals surface area contributed by atoms with E-state index in [2.05, 4.69) is 12.6 Å². The van der Waals surface area contributed by atoms with E-state index in [-0.39, 0.29) is 24.4 Å². The summed E-state index contributed by atoms with van der Waals surface area (Å²) in [5.74, 6) is 0.136. The molecule has 124 valence electrons. The molecule has 2 aromatic rings. The molecule has 0 spiro atoms. The number of ether oxygens (including phenoxy) is 2. The van der Waals surface area contributed by atoms with Gasteiger partial charge in [-0.15, -0.1) is 0 Å². The van der Waals surface area contributed by atoms with Crippen LogP contribution in [0.1, 0.15) is 17.5 Å². The Hall–Kier alpha value is -3.45. The van der Waals surface area contributed by atoms with Crippen molar-refractivity contribution in [2.24, 2.45) is 0 Å². The van der Waals surface area contributed by atoms with E-state index in [0.717, 1.165) is 11.1 Å². The third-order valence-corrected chi connectivity index (χ3v) is 3.82. The lowest BCUT2D eigenvalue weighted by Gasteiger charge is -2.26. The van der Waals surface area contributed by atoms with Crippen LogP contribution in [0.4, 0.5) is 0 Å². The van der Waals surface area contributed by atoms with Gasteiger partial charge < -0.3 is 14.6 Å². The maximum absolute atomic E-state index is 12.4. The van der Waals surface area contributed by atoms with Crippen molar-refractivity contribution in [3.8, 4) is 6.07 Å². The van der Waals surface area contributed by atoms with Gasteiger partial charge in [0, 0.05) is 24.2 Å². The van der Waals surface area contributed by atoms with Crippen molar-refractivity contribution in [3.63, 3.8) is 0 Å². The number of hydrogen-bond acceptors (Lipinski definition) is 4. The van der Waals surface area contributed by atoms with E-state index in [1.165, 1.54) is 0 Å². The highest BCUT2D eigenvalue weighted by Crippen LogP contribution is 2.36. The van der Waals surface area contributed by atoms with Crippen LogP contribution < -0.4 is 5.11 Å². The second-order valence-electron chi connectivity index (χ2n) is 5.53. The Labute approximate surface area is 146 Å². The van der Waals surface area contributed by atoms with Crippen LogP contribution >= 0.6 is 0 Å². The zero-order chi connectivity index (χ0) is 17.6. The number of nitriles is 1. The number of hydrogen-bond donors (Lipinski definition) is 0. The number of allylic oxidation sites excluding steroid dienone is 2. The molecule has 0 radical (unpaired) electrons. The second kappa shape index (κ2) is 7.41. The summed E-state index contributed by atoms with van der Waals surface area (Å²) in [4.78, 5) is 0. The van der Waals surface area contributed by atoms with Gasteiger partial charge in [0.15, 0.2) is 0 Å². The molecule has 0 bridgehead atoms. The second-order valence-corrected chi connectivity index (χ2v) is 5.53. The molecule has 0 aromatic heterocycles. The van der Waals surface area contributed by atoms with Crippen molar-refractivity contribution in [2.75, 3.05) is 0 Å². The van der Waals surface area contributed by atoms with E-state index in [1.54, 1.807) is 0 Å². The highest BCUT2D eigenvalue weighted by Gasteiger charge is 2.23. The van der Waals surface area contributed by atoms with Crippen molar-refractivity contribution < 1.29 is 14.6 Å². The minimum Gasteiger partial charge on any atom is -0.608 e. The van der Waals surface area contributed by atoms with E-state index >= 15 is 0 Å². The highest BCUT2D eigenvalue weighted by atomic mass is 16.6. The first-order valence-corrected chi connectivity index (χ1v) is 7.81. The average molecular weight is 330 g/mol. The van der Waals surface area contributed by atoms with Crippen LogP contribution in [0.2, 0.25) is 0 Å². The zero-order valence-corrected chi connectivity index (χ0v) is 13.6. The van der Waals surface area contributed by atoms with Crippen molar-refractivity contribution in [1.82, 2.24) is 0 Å². The van der Waals surface area contributed by atoms with Gasteiger partial charge >= 0.3 is 0 Å². The van der Waals surface area contributed by atoms with E-state index in [4.69, 9.17) is 9.47 Å². The third-order valence-electron chi connectivity index (χ3n) is 3.82. The van der Waals surface area contributed by atoms with Crippen LogP contribution in [-0.2, 0) is 16.1 Å². The van der Waals surface area contributed by atoms with Crippen molar-refractivity contribution >= 4 is 5.76 Å². The molecule has 0 N–H and O–H groups in total. The number of benzene rings is 2. The molecule has 1 heterocycles. The van der Waals surface area contributed by atoms with Gasteiger partial charge in [0.25, 0.3) is 0 Å². The fourth-order valence-corrected chi connectivity index (χ4v) is 2.51. The van der Waals surface area contributed by atoms with Crippen LogP contribution in [0.15, 0.2) is 90.1 Å². The first kappa shape index (κ1) is 16.4. The summed E-state index contributed by atoms with van der Waals surface area (Å²) >= 11 is 0. The molecule has 0 atom stereocenters. The Kier molecular flexibility index (Phi) is 4.87. The summed E-state index contributed by atoms with van der Waals surface area (Å²) in [6, 6.07) is 20.8. The van der Waals surface area contributed by atoms with Crippen LogP contribution in [-0.4, -0.2) is 0 Å². The molecule has 0 amide bonds. The van der Waals surface area contributed by atoms with Gasteiger partial charge in [0.1, 0.15) is 11.5 Å². The molecule has 0 saturated heterocycles. The minimum atomic E-state index is -0.520. The average Bonchev–Trinajstić information content (AvgIpc) is 2.67. The summed E-state index contributed by atoms with van der Waals surface area (Å²) in [6.45, 7) is 3.97. The minimum absolute atomic E-state index is 0.146. The molecule has 1 aliphatic rings. The molecule has 25 heavy (non-hydrogen) atoms. The van der Waals surface area contributed by atoms with Crippen LogP contribution in [0.5, 0.6) is 0 Å². The van der Waals surface area contributed by atoms with Crippen LogP contribution in [0.25, 0.3) is 5.76 Å². The van der Waals surface area contributed by atoms with Crippen LogP contribution in [0, 0.1) is 11.3 Å². The Morgan fingerprint density at radius 2 is 1.76 bits per heavy atom. The summed E-state index contributed by atoms with van der Waals surface area (Å²) in [5.41, 5.74) is 2.31. The molecule has 0 aliphatic carbocycles. The van der Waals surface area contributed by atoms with Gasteiger partial charge in [0.05, 0.1) is 17.6 Å². The molecular weight excluding hydrogens is 314 g/mol. The normalized spacial score (nSPS) is 16.0. The molecule has 0 fully saturated rings. The van der Waals surface area contributed by atoms with E-state index < -0.39 is 5.95 Å². The molecule has 3 rings (SSSR count). The van der Waals surface area contributed by atoms with Gasteiger partial charge in [0.2, 0.25) is 0 Å². The predicted octanol–water partition coefficient (Wildman–Crippen LogP) is 3.64. The SMILES string of the molecule is C=C1OC(c2ccccc2)=C(C#N)C/C1=C(/[O-])OCc1ccccc1. The maximum atomic E-state index is 12.4. The summed E-state index contributed by atoms with van der Waals surface area (Å²) in [7, 11) is 0. The quantitative estimate of drug-likeness (QED) is 0.803. The molecule has 0 saturated carbocycles. The summed E-state index contributed by atoms with van der Waals surface area (Å²) in [6.07, 6.45) is 0.146. The molecule has 4 heteroatoms. The molecule has 0 unspecified atom stereocenters. The summed E-state index contributed by atoms with van der Waals surface area (Å²) in [5, 5.41) is 21.8. The fraction of sp³-hybridized carbons (Fsp3) is 0.0952. The maximum Gasteiger partial charge on any atom is 0.148 e. The Balaban J connectivity index is 1.83. The van der Waals surface area contributed by atoms with Gasteiger partial charge in [-0.3, -0.25) is 0 Å². The lowest BCUT2D eigenvalue weighted by atomic mass is 9.98. The Morgan fingerprint density at radius 1 is 1.12 bits per heavy atom. The lowest BCUT2D eigenvalue weighted by Crippen LogP contribution is -2.17. The van der Waals surface area contributed by atoms with E-state index in [0.29, 0.717) is 11.3 Å². The molecular formula is C21H16NO3-. The molecule has 1 aliphatic heterocycles. The predicted molar refractivity (Wildman–Crippen MR) is 92.1 cm³/mol. The smallest absolute Gasteiger partial charge is 0.148 e. The van der Waals surface area contributed by atoms with E-state index in [9.17, 15) is 10.4 Å². The summed E-state index contributed by atoms with van der Waals surface area (Å²) < 4.78 is 11.0. The van der Waals surface area contributed by atoms with Gasteiger partial charge in [-0.25, -0.2) is 0 Å². The molecule has 2 aromatic carbocycles. The van der Waals surface area contributed by atoms with Crippen molar-refractivity contribution in [3.05, 3.63) is 101 Å². The number of rotatable bonds is 4. The molecule has 4 nitrogen and oxygen atoms in total. The van der Waals surface area contributed by atoms with Gasteiger partial charge in [-0.2, -0.15) is 5.26 Å². The first-order valence-electron chi connectivity index (χ1n) is 7.81. The van der Waals surface area contributed by atoms with Crippen molar-refractivity contribution in [1.29, 1.82) is 5.26 Å².